The SMILES string of the molecule is CCCCc1cn(-c2ccccc2CCC)c(=O)n1Cc1ccc(-c2ncccc2-c2nnn[nH]2)cc1. The molecule has 0 saturated heterocycles. The summed E-state index contributed by atoms with van der Waals surface area (Å²) in [5, 5.41) is 14.2. The number of pyridine rings is 1. The first-order valence-electron chi connectivity index (χ1n) is 12.9. The summed E-state index contributed by atoms with van der Waals surface area (Å²) in [6.07, 6.45) is 8.76. The van der Waals surface area contributed by atoms with Gasteiger partial charge in [-0.25, -0.2) is 9.89 Å². The van der Waals surface area contributed by atoms with Gasteiger partial charge in [0, 0.05) is 29.2 Å². The Morgan fingerprint density at radius 3 is 2.51 bits per heavy atom. The minimum Gasteiger partial charge on any atom is -0.292 e. The highest BCUT2D eigenvalue weighted by Gasteiger charge is 2.16. The smallest absolute Gasteiger partial charge is 0.292 e. The van der Waals surface area contributed by atoms with Crippen LogP contribution in [0.15, 0.2) is 77.9 Å². The molecule has 0 amide bonds. The number of nitrogens with zero attached hydrogens (tertiary/aromatic N) is 6. The topological polar surface area (TPSA) is 94.3 Å². The molecule has 0 radical (unpaired) electrons. The number of imidazole rings is 1. The Balaban J connectivity index is 1.48. The molecule has 0 unspecified atom stereocenters. The highest BCUT2D eigenvalue weighted by atomic mass is 16.1. The number of hydrogen-bond acceptors (Lipinski definition) is 5. The quantitative estimate of drug-likeness (QED) is 0.288. The van der Waals surface area contributed by atoms with Crippen LogP contribution in [-0.2, 0) is 19.4 Å². The number of aromatic nitrogens is 7. The van der Waals surface area contributed by atoms with Crippen molar-refractivity contribution in [1.82, 2.24) is 34.7 Å². The van der Waals surface area contributed by atoms with E-state index in [-0.39, 0.29) is 5.69 Å². The van der Waals surface area contributed by atoms with E-state index in [1.165, 1.54) is 5.56 Å². The van der Waals surface area contributed by atoms with Crippen LogP contribution in [0.25, 0.3) is 28.3 Å². The molecule has 8 heteroatoms. The predicted molar refractivity (Wildman–Crippen MR) is 145 cm³/mol. The van der Waals surface area contributed by atoms with Gasteiger partial charge in [0.05, 0.1) is 17.9 Å². The monoisotopic (exact) mass is 493 g/mol. The van der Waals surface area contributed by atoms with Gasteiger partial charge in [-0.3, -0.25) is 14.1 Å². The number of rotatable bonds is 10. The zero-order valence-corrected chi connectivity index (χ0v) is 21.3. The highest BCUT2D eigenvalue weighted by molar-refractivity contribution is 5.76. The highest BCUT2D eigenvalue weighted by Crippen LogP contribution is 2.28. The second kappa shape index (κ2) is 11.2. The summed E-state index contributed by atoms with van der Waals surface area (Å²) < 4.78 is 3.75. The molecule has 0 fully saturated rings. The van der Waals surface area contributed by atoms with Crippen molar-refractivity contribution >= 4 is 0 Å². The van der Waals surface area contributed by atoms with Crippen LogP contribution in [0.1, 0.15) is 49.9 Å². The van der Waals surface area contributed by atoms with Gasteiger partial charge < -0.3 is 0 Å². The van der Waals surface area contributed by atoms with Gasteiger partial charge in [0.1, 0.15) is 0 Å². The van der Waals surface area contributed by atoms with E-state index < -0.39 is 0 Å². The maximum absolute atomic E-state index is 13.7. The lowest BCUT2D eigenvalue weighted by Crippen LogP contribution is -2.25. The molecule has 0 aliphatic heterocycles. The van der Waals surface area contributed by atoms with Crippen LogP contribution < -0.4 is 5.69 Å². The Morgan fingerprint density at radius 2 is 1.76 bits per heavy atom. The van der Waals surface area contributed by atoms with Gasteiger partial charge in [-0.05, 0) is 59.0 Å². The summed E-state index contributed by atoms with van der Waals surface area (Å²) in [4.78, 5) is 18.2. The normalized spacial score (nSPS) is 11.2. The third kappa shape index (κ3) is 5.14. The van der Waals surface area contributed by atoms with Gasteiger partial charge in [-0.2, -0.15) is 0 Å². The molecule has 0 aliphatic rings. The fraction of sp³-hybridized carbons (Fsp3) is 0.276. The fourth-order valence-corrected chi connectivity index (χ4v) is 4.70. The van der Waals surface area contributed by atoms with Crippen LogP contribution in [0, 0.1) is 0 Å². The van der Waals surface area contributed by atoms with Gasteiger partial charge in [0.25, 0.3) is 0 Å². The molecule has 37 heavy (non-hydrogen) atoms. The second-order valence-electron chi connectivity index (χ2n) is 9.19. The largest absolute Gasteiger partial charge is 0.333 e. The molecule has 1 N–H and O–H groups in total. The summed E-state index contributed by atoms with van der Waals surface area (Å²) in [6.45, 7) is 4.86. The van der Waals surface area contributed by atoms with E-state index in [0.29, 0.717) is 12.4 Å². The number of nitrogens with one attached hydrogen (secondary N) is 1. The number of hydrogen-bond donors (Lipinski definition) is 1. The summed E-state index contributed by atoms with van der Waals surface area (Å²) in [5.41, 5.74) is 6.89. The van der Waals surface area contributed by atoms with Crippen molar-refractivity contribution in [3.63, 3.8) is 0 Å². The Morgan fingerprint density at radius 1 is 0.919 bits per heavy atom. The molecule has 0 aliphatic carbocycles. The van der Waals surface area contributed by atoms with Crippen LogP contribution in [0.5, 0.6) is 0 Å². The number of tetrazole rings is 1. The number of para-hydroxylation sites is 1. The molecule has 3 aromatic heterocycles. The number of aromatic amines is 1. The van der Waals surface area contributed by atoms with Crippen molar-refractivity contribution < 1.29 is 0 Å². The van der Waals surface area contributed by atoms with E-state index in [0.717, 1.165) is 65.9 Å². The predicted octanol–water partition coefficient (Wildman–Crippen LogP) is 5.22. The lowest BCUT2D eigenvalue weighted by Gasteiger charge is -2.10. The summed E-state index contributed by atoms with van der Waals surface area (Å²) in [6, 6.07) is 20.2. The number of aryl methyl sites for hydroxylation is 2. The van der Waals surface area contributed by atoms with Crippen LogP contribution >= 0.6 is 0 Å². The van der Waals surface area contributed by atoms with E-state index >= 15 is 0 Å². The van der Waals surface area contributed by atoms with Gasteiger partial charge in [0.15, 0.2) is 5.82 Å². The van der Waals surface area contributed by atoms with E-state index in [9.17, 15) is 4.79 Å². The molecule has 0 saturated carbocycles. The van der Waals surface area contributed by atoms with Gasteiger partial charge in [-0.15, -0.1) is 5.10 Å². The Kier molecular flexibility index (Phi) is 7.35. The van der Waals surface area contributed by atoms with Crippen molar-refractivity contribution in [2.45, 2.75) is 52.5 Å². The first-order valence-corrected chi connectivity index (χ1v) is 12.9. The minimum atomic E-state index is 0.00330. The molecule has 0 bridgehead atoms. The Bertz CT molecular complexity index is 1510. The summed E-state index contributed by atoms with van der Waals surface area (Å²) in [5.74, 6) is 0.573. The number of H-pyrrole nitrogens is 1. The lowest BCUT2D eigenvalue weighted by molar-refractivity contribution is 0.673. The maximum atomic E-state index is 13.7. The van der Waals surface area contributed by atoms with Gasteiger partial charge >= 0.3 is 5.69 Å². The summed E-state index contributed by atoms with van der Waals surface area (Å²) in [7, 11) is 0. The first-order chi connectivity index (χ1) is 18.2. The van der Waals surface area contributed by atoms with Crippen molar-refractivity contribution in [1.29, 1.82) is 0 Å². The van der Waals surface area contributed by atoms with Crippen molar-refractivity contribution in [2.24, 2.45) is 0 Å². The number of benzene rings is 2. The molecule has 3 heterocycles. The molecule has 5 aromatic rings. The molecular formula is C29H31N7O. The van der Waals surface area contributed by atoms with Crippen LogP contribution in [0.2, 0.25) is 0 Å². The van der Waals surface area contributed by atoms with Crippen molar-refractivity contribution in [3.8, 4) is 28.3 Å². The Labute approximate surface area is 216 Å². The lowest BCUT2D eigenvalue weighted by atomic mass is 10.0. The maximum Gasteiger partial charge on any atom is 0.333 e. The van der Waals surface area contributed by atoms with Crippen molar-refractivity contribution in [3.05, 3.63) is 100 Å². The first kappa shape index (κ1) is 24.4. The molecule has 0 spiro atoms. The molecule has 2 aromatic carbocycles. The van der Waals surface area contributed by atoms with Gasteiger partial charge in [0.2, 0.25) is 0 Å². The average Bonchev–Trinajstić information content (AvgIpc) is 3.58. The van der Waals surface area contributed by atoms with E-state index in [4.69, 9.17) is 0 Å². The standard InChI is InChI=1S/C29H31N7O/c1-3-5-11-24-20-36(26-13-7-6-10-22(26)9-4-2)29(37)35(24)19-21-14-16-23(17-15-21)27-25(12-8-18-30-27)28-31-33-34-32-28/h6-8,10,12-18,20H,3-5,9,11,19H2,1-2H3,(H,31,32,33,34). The number of unbranched alkanes of at least 4 members (excludes halogenated alkanes) is 1. The molecule has 8 nitrogen and oxygen atoms in total. The second-order valence-corrected chi connectivity index (χ2v) is 9.19. The third-order valence-corrected chi connectivity index (χ3v) is 6.60. The zero-order chi connectivity index (χ0) is 25.6. The molecular weight excluding hydrogens is 462 g/mol. The van der Waals surface area contributed by atoms with Crippen LogP contribution in [-0.4, -0.2) is 34.7 Å². The summed E-state index contributed by atoms with van der Waals surface area (Å²) >= 11 is 0. The van der Waals surface area contributed by atoms with Crippen molar-refractivity contribution in [2.75, 3.05) is 0 Å². The average molecular weight is 494 g/mol. The fourth-order valence-electron chi connectivity index (χ4n) is 4.70. The van der Waals surface area contributed by atoms with Crippen LogP contribution in [0.3, 0.4) is 0 Å². The van der Waals surface area contributed by atoms with E-state index in [1.807, 2.05) is 57.8 Å². The van der Waals surface area contributed by atoms with Crippen LogP contribution in [0.4, 0.5) is 0 Å². The Hall–Kier alpha value is -4.33. The minimum absolute atomic E-state index is 0.00330. The zero-order valence-electron chi connectivity index (χ0n) is 21.3. The molecule has 0 atom stereocenters. The molecule has 188 valence electrons. The third-order valence-electron chi connectivity index (χ3n) is 6.60. The molecule has 5 rings (SSSR count). The van der Waals surface area contributed by atoms with E-state index in [1.54, 1.807) is 6.20 Å². The van der Waals surface area contributed by atoms with Gasteiger partial charge in [-0.1, -0.05) is 69.2 Å². The van der Waals surface area contributed by atoms with E-state index in [2.05, 4.69) is 57.7 Å².